The van der Waals surface area contributed by atoms with E-state index in [1.165, 1.54) is 0 Å². The van der Waals surface area contributed by atoms with Gasteiger partial charge in [0.15, 0.2) is 0 Å². The fraction of sp³-hybridized carbons (Fsp3) is 0.357. The number of fused-ring (bicyclic) bond motifs is 2. The van der Waals surface area contributed by atoms with E-state index in [9.17, 15) is 4.79 Å². The van der Waals surface area contributed by atoms with Gasteiger partial charge in [0.1, 0.15) is 5.75 Å². The summed E-state index contributed by atoms with van der Waals surface area (Å²) in [5.41, 5.74) is 1.07. The Bertz CT molecular complexity index is 509. The molecule has 3 nitrogen and oxygen atoms in total. The van der Waals surface area contributed by atoms with E-state index in [1.807, 2.05) is 29.2 Å². The van der Waals surface area contributed by atoms with Crippen LogP contribution in [0.2, 0.25) is 0 Å². The van der Waals surface area contributed by atoms with Crippen LogP contribution in [-0.4, -0.2) is 24.0 Å². The molecule has 1 aliphatic carbocycles. The van der Waals surface area contributed by atoms with Crippen molar-refractivity contribution in [3.63, 3.8) is 0 Å². The average Bonchev–Trinajstić information content (AvgIpc) is 2.89. The van der Waals surface area contributed by atoms with Crippen LogP contribution >= 0.6 is 0 Å². The highest BCUT2D eigenvalue weighted by molar-refractivity contribution is 5.85. The first-order valence-corrected chi connectivity index (χ1v) is 5.81. The third-order valence-corrected chi connectivity index (χ3v) is 3.46. The van der Waals surface area contributed by atoms with Gasteiger partial charge >= 0.3 is 0 Å². The summed E-state index contributed by atoms with van der Waals surface area (Å²) in [5, 5.41) is 0. The van der Waals surface area contributed by atoms with E-state index in [1.54, 1.807) is 13.2 Å². The van der Waals surface area contributed by atoms with Gasteiger partial charge in [-0.2, -0.15) is 0 Å². The number of benzene rings is 1. The fourth-order valence-electron chi connectivity index (χ4n) is 2.48. The topological polar surface area (TPSA) is 29.5 Å². The molecule has 0 radical (unpaired) electrons. The van der Waals surface area contributed by atoms with Crippen LogP contribution < -0.4 is 4.74 Å². The molecule has 0 aromatic heterocycles. The number of likely N-dealkylation sites (tertiary alicyclic amines) is 1. The highest BCUT2D eigenvalue weighted by Crippen LogP contribution is 2.33. The summed E-state index contributed by atoms with van der Waals surface area (Å²) in [6, 6.07) is 8.30. The molecule has 1 aliphatic heterocycles. The number of hydrogen-bond acceptors (Lipinski definition) is 2. The first-order valence-electron chi connectivity index (χ1n) is 6.31. The molecule has 2 aliphatic rings. The van der Waals surface area contributed by atoms with Gasteiger partial charge in [-0.05, 0) is 24.1 Å². The Hall–Kier alpha value is -1.77. The van der Waals surface area contributed by atoms with Crippen LogP contribution in [0.5, 0.6) is 5.75 Å². The van der Waals surface area contributed by atoms with Gasteiger partial charge in [0.2, 0.25) is 5.91 Å². The molecule has 1 aromatic rings. The predicted molar refractivity (Wildman–Crippen MR) is 64.6 cm³/mol. The summed E-state index contributed by atoms with van der Waals surface area (Å²) in [4.78, 5) is 13.8. The molecule has 0 spiro atoms. The molecule has 17 heavy (non-hydrogen) atoms. The van der Waals surface area contributed by atoms with Crippen molar-refractivity contribution in [3.05, 3.63) is 42.0 Å². The molecule has 2 atom stereocenters. The van der Waals surface area contributed by atoms with Crippen molar-refractivity contribution < 1.29 is 10.9 Å². The second-order valence-electron chi connectivity index (χ2n) is 4.51. The molecule has 1 fully saturated rings. The van der Waals surface area contributed by atoms with E-state index < -0.39 is 0 Å². The maximum Gasteiger partial charge on any atom is 0.230 e. The monoisotopic (exact) mass is 230 g/mol. The van der Waals surface area contributed by atoms with E-state index in [-0.39, 0.29) is 17.9 Å². The molecular weight excluding hydrogens is 214 g/mol. The van der Waals surface area contributed by atoms with Gasteiger partial charge in [0.05, 0.1) is 20.4 Å². The van der Waals surface area contributed by atoms with Crippen molar-refractivity contribution >= 4 is 5.91 Å². The highest BCUT2D eigenvalue weighted by atomic mass is 16.5. The van der Waals surface area contributed by atoms with E-state index >= 15 is 0 Å². The zero-order valence-corrected chi connectivity index (χ0v) is 9.72. The van der Waals surface area contributed by atoms with Crippen LogP contribution in [-0.2, 0) is 11.3 Å². The molecule has 0 unspecified atom stereocenters. The number of ether oxygens (including phenoxy) is 1. The summed E-state index contributed by atoms with van der Waals surface area (Å²) in [5.74, 6) is 0.918. The predicted octanol–water partition coefficient (Wildman–Crippen LogP) is 1.98. The zero-order valence-electron chi connectivity index (χ0n) is 10.7. The number of rotatable bonds is 3. The van der Waals surface area contributed by atoms with Crippen molar-refractivity contribution in [2.75, 3.05) is 7.11 Å². The van der Waals surface area contributed by atoms with Crippen LogP contribution in [0.25, 0.3) is 0 Å². The first kappa shape index (κ1) is 9.28. The van der Waals surface area contributed by atoms with Gasteiger partial charge < -0.3 is 9.64 Å². The molecule has 1 amide bonds. The lowest BCUT2D eigenvalue weighted by Gasteiger charge is -2.24. The summed E-state index contributed by atoms with van der Waals surface area (Å²) in [6.07, 6.45) is 2.57. The van der Waals surface area contributed by atoms with Crippen LogP contribution in [0.1, 0.15) is 13.4 Å². The van der Waals surface area contributed by atoms with Gasteiger partial charge in [-0.25, -0.2) is 0 Å². The van der Waals surface area contributed by atoms with Crippen molar-refractivity contribution in [3.8, 4) is 5.75 Å². The van der Waals surface area contributed by atoms with Crippen molar-refractivity contribution in [1.29, 1.82) is 0 Å². The van der Waals surface area contributed by atoms with Crippen molar-refractivity contribution in [2.45, 2.75) is 19.0 Å². The Kier molecular flexibility index (Phi) is 2.14. The number of nitrogens with zero attached hydrogens (tertiary/aromatic N) is 1. The lowest BCUT2D eigenvalue weighted by Crippen LogP contribution is -2.33. The average molecular weight is 230 g/mol. The molecular formula is C14H15NO2. The maximum atomic E-state index is 12.0. The van der Waals surface area contributed by atoms with E-state index in [4.69, 9.17) is 6.11 Å². The SMILES string of the molecule is [2H]C1=C[C@@H]2C[C@H]1N(Cc1ccc(OC)cc1)C2=O. The Labute approximate surface area is 102 Å². The minimum absolute atomic E-state index is 0.00963. The maximum absolute atomic E-state index is 12.0. The van der Waals surface area contributed by atoms with Crippen LogP contribution in [0.15, 0.2) is 36.4 Å². The van der Waals surface area contributed by atoms with Crippen LogP contribution in [0.3, 0.4) is 0 Å². The van der Waals surface area contributed by atoms with E-state index in [0.717, 1.165) is 17.7 Å². The number of carbonyl (C=O) groups excluding carboxylic acids is 1. The van der Waals surface area contributed by atoms with Crippen LogP contribution in [0.4, 0.5) is 0 Å². The lowest BCUT2D eigenvalue weighted by atomic mass is 10.1. The quantitative estimate of drug-likeness (QED) is 0.743. The Morgan fingerprint density at radius 2 is 2.24 bits per heavy atom. The smallest absolute Gasteiger partial charge is 0.230 e. The zero-order chi connectivity index (χ0) is 12.7. The molecule has 0 saturated carbocycles. The van der Waals surface area contributed by atoms with Crippen LogP contribution in [0, 0.1) is 5.92 Å². The number of methoxy groups -OCH3 is 1. The third kappa shape index (κ3) is 1.71. The Morgan fingerprint density at radius 1 is 1.47 bits per heavy atom. The van der Waals surface area contributed by atoms with Gasteiger partial charge in [0, 0.05) is 6.54 Å². The standard InChI is InChI=1S/C14H15NO2/c1-17-13-6-2-10(3-7-13)9-15-12-5-4-11(8-12)14(15)16/h2-7,11-12H,8-9H2,1H3/t11-,12+/m1/s1/i5D. The Balaban J connectivity index is 1.77. The Morgan fingerprint density at radius 3 is 2.88 bits per heavy atom. The molecule has 1 aromatic carbocycles. The van der Waals surface area contributed by atoms with E-state index in [2.05, 4.69) is 0 Å². The second-order valence-corrected chi connectivity index (χ2v) is 4.51. The summed E-state index contributed by atoms with van der Waals surface area (Å²) in [6.45, 7) is 0.584. The molecule has 3 rings (SSSR count). The molecule has 0 N–H and O–H groups in total. The minimum Gasteiger partial charge on any atom is -0.497 e. The largest absolute Gasteiger partial charge is 0.497 e. The first-order chi connectivity index (χ1) is 8.69. The van der Waals surface area contributed by atoms with Gasteiger partial charge in [-0.1, -0.05) is 24.3 Å². The molecule has 2 bridgehead atoms. The van der Waals surface area contributed by atoms with Gasteiger partial charge in [-0.15, -0.1) is 0 Å². The molecule has 3 heteroatoms. The highest BCUT2D eigenvalue weighted by Gasteiger charge is 2.40. The van der Waals surface area contributed by atoms with Gasteiger partial charge in [-0.3, -0.25) is 4.79 Å². The second kappa shape index (κ2) is 3.91. The molecule has 88 valence electrons. The summed E-state index contributed by atoms with van der Waals surface area (Å²) < 4.78 is 12.9. The summed E-state index contributed by atoms with van der Waals surface area (Å²) >= 11 is 0. The number of hydrogen-bond donors (Lipinski definition) is 0. The fourth-order valence-corrected chi connectivity index (χ4v) is 2.48. The molecule has 1 heterocycles. The third-order valence-electron chi connectivity index (χ3n) is 3.46. The van der Waals surface area contributed by atoms with Crippen molar-refractivity contribution in [2.24, 2.45) is 5.92 Å². The van der Waals surface area contributed by atoms with Crippen molar-refractivity contribution in [1.82, 2.24) is 4.90 Å². The number of carbonyl (C=O) groups is 1. The number of amides is 1. The molecule has 1 saturated heterocycles. The normalized spacial score (nSPS) is 27.1. The summed E-state index contributed by atoms with van der Waals surface area (Å²) in [7, 11) is 1.63. The lowest BCUT2D eigenvalue weighted by molar-refractivity contribution is -0.131. The minimum atomic E-state index is -0.0549. The van der Waals surface area contributed by atoms with Gasteiger partial charge in [0.25, 0.3) is 0 Å². The van der Waals surface area contributed by atoms with E-state index in [0.29, 0.717) is 12.6 Å².